The highest BCUT2D eigenvalue weighted by Gasteiger charge is 2.47. The fourth-order valence-electron chi connectivity index (χ4n) is 4.19. The Balaban J connectivity index is 0.000000131. The number of fused-ring (bicyclic) bond motifs is 2. The summed E-state index contributed by atoms with van der Waals surface area (Å²) in [6.45, 7) is 2.59. The molecule has 0 bridgehead atoms. The van der Waals surface area contributed by atoms with Gasteiger partial charge in [-0.25, -0.2) is 0 Å². The third-order valence-corrected chi connectivity index (χ3v) is 5.39. The van der Waals surface area contributed by atoms with E-state index in [-0.39, 0.29) is 12.1 Å². The molecule has 0 aliphatic carbocycles. The van der Waals surface area contributed by atoms with Crippen molar-refractivity contribution in [3.05, 3.63) is 0 Å². The Labute approximate surface area is 129 Å². The summed E-state index contributed by atoms with van der Waals surface area (Å²) in [4.78, 5) is 3.89. The summed E-state index contributed by atoms with van der Waals surface area (Å²) in [5, 5.41) is 56.0. The van der Waals surface area contributed by atoms with Crippen LogP contribution in [0.5, 0.6) is 0 Å². The van der Waals surface area contributed by atoms with Crippen LogP contribution in [0.25, 0.3) is 0 Å². The van der Waals surface area contributed by atoms with Gasteiger partial charge in [0, 0.05) is 26.2 Å². The van der Waals surface area contributed by atoms with Crippen LogP contribution in [0.15, 0.2) is 0 Å². The second kappa shape index (κ2) is 6.29. The van der Waals surface area contributed by atoms with Crippen LogP contribution in [0, 0.1) is 0 Å². The molecule has 8 atom stereocenters. The second-order valence-electron chi connectivity index (χ2n) is 6.80. The Kier molecular flexibility index (Phi) is 4.73. The topological polar surface area (TPSA) is 128 Å². The predicted molar refractivity (Wildman–Crippen MR) is 76.0 cm³/mol. The van der Waals surface area contributed by atoms with Crippen molar-refractivity contribution in [2.45, 2.75) is 61.5 Å². The molecule has 4 fully saturated rings. The molecule has 0 saturated carbocycles. The van der Waals surface area contributed by atoms with E-state index < -0.39 is 36.6 Å². The minimum absolute atomic E-state index is 0.218. The van der Waals surface area contributed by atoms with Gasteiger partial charge in [-0.05, 0) is 12.8 Å². The van der Waals surface area contributed by atoms with Gasteiger partial charge in [0.2, 0.25) is 0 Å². The summed E-state index contributed by atoms with van der Waals surface area (Å²) < 4.78 is 0. The van der Waals surface area contributed by atoms with Gasteiger partial charge in [0.1, 0.15) is 0 Å². The highest BCUT2D eigenvalue weighted by atomic mass is 16.3. The van der Waals surface area contributed by atoms with Gasteiger partial charge >= 0.3 is 0 Å². The molecule has 0 aromatic carbocycles. The molecular formula is C14H26N2O6. The number of nitrogens with zero attached hydrogens (tertiary/aromatic N) is 2. The molecule has 4 saturated heterocycles. The van der Waals surface area contributed by atoms with Crippen molar-refractivity contribution in [3.63, 3.8) is 0 Å². The van der Waals surface area contributed by atoms with E-state index in [1.54, 1.807) is 0 Å². The van der Waals surface area contributed by atoms with Crippen molar-refractivity contribution in [1.82, 2.24) is 9.80 Å². The van der Waals surface area contributed by atoms with Gasteiger partial charge in [-0.15, -0.1) is 0 Å². The van der Waals surface area contributed by atoms with Gasteiger partial charge in [0.05, 0.1) is 48.7 Å². The van der Waals surface area contributed by atoms with Crippen LogP contribution in [0.3, 0.4) is 0 Å². The summed E-state index contributed by atoms with van der Waals surface area (Å²) >= 11 is 0. The molecule has 128 valence electrons. The average Bonchev–Trinajstić information content (AvgIpc) is 3.15. The van der Waals surface area contributed by atoms with Gasteiger partial charge in [0.25, 0.3) is 0 Å². The second-order valence-corrected chi connectivity index (χ2v) is 6.80. The van der Waals surface area contributed by atoms with Crippen LogP contribution in [0.4, 0.5) is 0 Å². The van der Waals surface area contributed by atoms with Gasteiger partial charge in [-0.3, -0.25) is 9.80 Å². The molecule has 4 heterocycles. The van der Waals surface area contributed by atoms with Crippen LogP contribution < -0.4 is 0 Å². The van der Waals surface area contributed by atoms with Crippen molar-refractivity contribution in [2.75, 3.05) is 26.2 Å². The number of aliphatic hydroxyl groups excluding tert-OH is 6. The quantitative estimate of drug-likeness (QED) is 0.269. The molecular weight excluding hydrogens is 292 g/mol. The summed E-state index contributed by atoms with van der Waals surface area (Å²) in [6, 6.07) is -0.435. The SMILES string of the molecule is O[C@H]1[C@H]2[C@@H](O)CCN2C[C@H]1O.O[C@H]1[C@H]2[C@H](O)CCN2C[C@H]1O. The molecule has 8 nitrogen and oxygen atoms in total. The maximum Gasteiger partial charge on any atom is 0.0991 e. The number of aliphatic hydroxyl groups is 6. The minimum atomic E-state index is -0.757. The molecule has 0 radical (unpaired) electrons. The lowest BCUT2D eigenvalue weighted by atomic mass is 10.1. The first-order valence-electron chi connectivity index (χ1n) is 7.96. The molecule has 4 rings (SSSR count). The standard InChI is InChI=1S/2C7H13NO3/c2*9-4-1-2-8-3-5(10)7(11)6(4)8/h2*4-7,9-11H,1-3H2/t4-,5+,6+,7+;4-,5-,6-,7-/m01/s1. The lowest BCUT2D eigenvalue weighted by molar-refractivity contribution is 0.00783. The maximum absolute atomic E-state index is 9.39. The Hall–Kier alpha value is -0.320. The molecule has 8 heteroatoms. The predicted octanol–water partition coefficient (Wildman–Crippen LogP) is -3.69. The zero-order valence-corrected chi connectivity index (χ0v) is 12.4. The lowest BCUT2D eigenvalue weighted by Gasteiger charge is -2.18. The van der Waals surface area contributed by atoms with E-state index >= 15 is 0 Å². The highest BCUT2D eigenvalue weighted by Crippen LogP contribution is 2.29. The maximum atomic E-state index is 9.39. The zero-order valence-electron chi connectivity index (χ0n) is 12.4. The largest absolute Gasteiger partial charge is 0.391 e. The Morgan fingerprint density at radius 1 is 0.545 bits per heavy atom. The normalized spacial score (nSPS) is 51.5. The van der Waals surface area contributed by atoms with E-state index in [9.17, 15) is 30.6 Å². The van der Waals surface area contributed by atoms with Crippen LogP contribution in [-0.4, -0.2) is 115 Å². The van der Waals surface area contributed by atoms with Crippen molar-refractivity contribution in [1.29, 1.82) is 0 Å². The summed E-state index contributed by atoms with van der Waals surface area (Å²) in [6.07, 6.45) is -2.34. The number of rotatable bonds is 0. The van der Waals surface area contributed by atoms with E-state index in [1.807, 2.05) is 9.80 Å². The molecule has 22 heavy (non-hydrogen) atoms. The third kappa shape index (κ3) is 2.78. The molecule has 0 amide bonds. The van der Waals surface area contributed by atoms with Gasteiger partial charge in [0.15, 0.2) is 0 Å². The minimum Gasteiger partial charge on any atom is -0.391 e. The first kappa shape index (κ1) is 16.5. The summed E-state index contributed by atoms with van der Waals surface area (Å²) in [7, 11) is 0. The number of hydrogen-bond donors (Lipinski definition) is 6. The van der Waals surface area contributed by atoms with E-state index in [0.717, 1.165) is 13.1 Å². The molecule has 0 unspecified atom stereocenters. The van der Waals surface area contributed by atoms with Crippen molar-refractivity contribution >= 4 is 0 Å². The third-order valence-electron chi connectivity index (χ3n) is 5.39. The highest BCUT2D eigenvalue weighted by molar-refractivity contribution is 5.02. The summed E-state index contributed by atoms with van der Waals surface area (Å²) in [5.74, 6) is 0. The zero-order chi connectivity index (χ0) is 16.0. The van der Waals surface area contributed by atoms with Crippen LogP contribution in [-0.2, 0) is 0 Å². The van der Waals surface area contributed by atoms with E-state index in [1.165, 1.54) is 0 Å². The lowest BCUT2D eigenvalue weighted by Crippen LogP contribution is -2.38. The first-order chi connectivity index (χ1) is 10.4. The molecule has 0 aromatic rings. The monoisotopic (exact) mass is 318 g/mol. The number of hydrogen-bond acceptors (Lipinski definition) is 8. The van der Waals surface area contributed by atoms with E-state index in [2.05, 4.69) is 0 Å². The molecule has 4 aliphatic heterocycles. The molecule has 6 N–H and O–H groups in total. The smallest absolute Gasteiger partial charge is 0.0991 e. The van der Waals surface area contributed by atoms with Crippen LogP contribution in [0.2, 0.25) is 0 Å². The Morgan fingerprint density at radius 3 is 1.23 bits per heavy atom. The van der Waals surface area contributed by atoms with E-state index in [4.69, 9.17) is 0 Å². The Morgan fingerprint density at radius 2 is 0.909 bits per heavy atom. The van der Waals surface area contributed by atoms with Crippen LogP contribution in [0.1, 0.15) is 12.8 Å². The molecule has 4 aliphatic rings. The summed E-state index contributed by atoms with van der Waals surface area (Å²) in [5.41, 5.74) is 0. The van der Waals surface area contributed by atoms with Crippen molar-refractivity contribution < 1.29 is 30.6 Å². The van der Waals surface area contributed by atoms with Gasteiger partial charge in [-0.2, -0.15) is 0 Å². The van der Waals surface area contributed by atoms with Gasteiger partial charge < -0.3 is 30.6 Å². The molecule has 0 aromatic heterocycles. The van der Waals surface area contributed by atoms with Crippen molar-refractivity contribution in [3.8, 4) is 0 Å². The van der Waals surface area contributed by atoms with Crippen LogP contribution >= 0.6 is 0 Å². The van der Waals surface area contributed by atoms with E-state index in [0.29, 0.717) is 25.9 Å². The molecule has 0 spiro atoms. The average molecular weight is 318 g/mol. The van der Waals surface area contributed by atoms with Crippen molar-refractivity contribution in [2.24, 2.45) is 0 Å². The fourth-order valence-corrected chi connectivity index (χ4v) is 4.19. The first-order valence-corrected chi connectivity index (χ1v) is 7.96. The van der Waals surface area contributed by atoms with Gasteiger partial charge in [-0.1, -0.05) is 0 Å². The fraction of sp³-hybridized carbons (Fsp3) is 1.00. The Bertz CT molecular complexity index is 360.